The lowest BCUT2D eigenvalue weighted by Crippen LogP contribution is -2.39. The van der Waals surface area contributed by atoms with Gasteiger partial charge in [-0.3, -0.25) is 18.7 Å². The first kappa shape index (κ1) is 21.6. The van der Waals surface area contributed by atoms with E-state index in [-0.39, 0.29) is 23.4 Å². The molecule has 2 N–H and O–H groups in total. The predicted octanol–water partition coefficient (Wildman–Crippen LogP) is 1.28. The lowest BCUT2D eigenvalue weighted by Gasteiger charge is -2.11. The molecule has 0 unspecified atom stereocenters. The second kappa shape index (κ2) is 9.12. The quantitative estimate of drug-likeness (QED) is 0.553. The largest absolute Gasteiger partial charge is 0.497 e. The molecule has 1 heterocycles. The van der Waals surface area contributed by atoms with Crippen LogP contribution in [0.1, 0.15) is 15.9 Å². The monoisotopic (exact) mass is 423 g/mol. The number of benzene rings is 2. The van der Waals surface area contributed by atoms with E-state index in [1.807, 2.05) is 12.1 Å². The fourth-order valence-corrected chi connectivity index (χ4v) is 3.11. The number of methoxy groups -OCH3 is 1. The number of carbonyl (C=O) groups excluding carboxylic acids is 1. The van der Waals surface area contributed by atoms with Crippen LogP contribution in [0.15, 0.2) is 64.2 Å². The summed E-state index contributed by atoms with van der Waals surface area (Å²) >= 11 is 0. The highest BCUT2D eigenvalue weighted by atomic mass is 16.5. The van der Waals surface area contributed by atoms with Crippen molar-refractivity contribution in [2.75, 3.05) is 7.11 Å². The summed E-state index contributed by atoms with van der Waals surface area (Å²) in [7, 11) is 3.08. The number of allylic oxidation sites excluding steroid dienone is 1. The molecule has 0 fully saturated rings. The van der Waals surface area contributed by atoms with Gasteiger partial charge in [0.05, 0.1) is 18.0 Å². The maximum atomic E-state index is 12.8. The third-order valence-electron chi connectivity index (χ3n) is 4.77. The Bertz CT molecular complexity index is 1290. The molecule has 0 saturated carbocycles. The van der Waals surface area contributed by atoms with Crippen LogP contribution in [0, 0.1) is 0 Å². The van der Waals surface area contributed by atoms with Crippen LogP contribution in [0.5, 0.6) is 5.75 Å². The third-order valence-corrected chi connectivity index (χ3v) is 4.77. The summed E-state index contributed by atoms with van der Waals surface area (Å²) in [5, 5.41) is 11.7. The summed E-state index contributed by atoms with van der Waals surface area (Å²) in [5.74, 6) is -0.838. The molecule has 0 bridgehead atoms. The number of rotatable bonds is 7. The molecular weight excluding hydrogens is 402 g/mol. The van der Waals surface area contributed by atoms with Crippen molar-refractivity contribution in [2.45, 2.75) is 13.1 Å². The highest BCUT2D eigenvalue weighted by molar-refractivity contribution is 5.97. The Kier molecular flexibility index (Phi) is 6.35. The highest BCUT2D eigenvalue weighted by Crippen LogP contribution is 2.13. The summed E-state index contributed by atoms with van der Waals surface area (Å²) in [5.41, 5.74) is 0.344. The van der Waals surface area contributed by atoms with Crippen LogP contribution in [0.2, 0.25) is 0 Å². The normalized spacial score (nSPS) is 11.0. The number of hydrogen-bond acceptors (Lipinski definition) is 5. The number of carboxylic acids is 1. The summed E-state index contributed by atoms with van der Waals surface area (Å²) in [4.78, 5) is 48.5. The van der Waals surface area contributed by atoms with E-state index in [0.29, 0.717) is 17.8 Å². The van der Waals surface area contributed by atoms with E-state index < -0.39 is 17.2 Å². The zero-order chi connectivity index (χ0) is 22.5. The van der Waals surface area contributed by atoms with Gasteiger partial charge in [-0.1, -0.05) is 18.2 Å². The minimum Gasteiger partial charge on any atom is -0.497 e. The fourth-order valence-electron chi connectivity index (χ4n) is 3.11. The van der Waals surface area contributed by atoms with Gasteiger partial charge >= 0.3 is 11.7 Å². The molecule has 3 rings (SSSR count). The number of aromatic nitrogens is 2. The Hall–Kier alpha value is -4.14. The van der Waals surface area contributed by atoms with Crippen molar-refractivity contribution in [2.24, 2.45) is 7.05 Å². The third kappa shape index (κ3) is 4.72. The molecule has 1 amide bonds. The number of carbonyl (C=O) groups is 2. The van der Waals surface area contributed by atoms with Crippen LogP contribution in [0.25, 0.3) is 10.9 Å². The Labute approximate surface area is 176 Å². The smallest absolute Gasteiger partial charge is 0.331 e. The number of nitrogens with zero attached hydrogens (tertiary/aromatic N) is 2. The minimum atomic E-state index is -1.18. The highest BCUT2D eigenvalue weighted by Gasteiger charge is 2.13. The molecule has 31 heavy (non-hydrogen) atoms. The standard InChI is InChI=1S/C22H21N3O6/c1-24-18-10-7-15(20(28)23-13-14-5-8-16(31-2)9-6-14)12-17(18)21(29)25(22(24)30)11-3-4-19(26)27/h3-10,12H,11,13H2,1-2H3,(H,23,28)(H,26,27)/b4-3+. The van der Waals surface area contributed by atoms with Crippen LogP contribution >= 0.6 is 0 Å². The van der Waals surface area contributed by atoms with Crippen molar-refractivity contribution < 1.29 is 19.4 Å². The number of aliphatic carboxylic acids is 1. The molecule has 0 saturated heterocycles. The van der Waals surface area contributed by atoms with E-state index in [0.717, 1.165) is 16.2 Å². The van der Waals surface area contributed by atoms with E-state index in [2.05, 4.69) is 5.32 Å². The maximum Gasteiger partial charge on any atom is 0.331 e. The average Bonchev–Trinajstić information content (AvgIpc) is 2.78. The first-order valence-electron chi connectivity index (χ1n) is 9.36. The molecule has 3 aromatic rings. The number of carboxylic acid groups (broad SMARTS) is 1. The van der Waals surface area contributed by atoms with Gasteiger partial charge in [0.2, 0.25) is 0 Å². The number of nitrogens with one attached hydrogen (secondary N) is 1. The van der Waals surface area contributed by atoms with Crippen molar-refractivity contribution in [3.63, 3.8) is 0 Å². The Morgan fingerprint density at radius 1 is 1.13 bits per heavy atom. The molecule has 0 aliphatic carbocycles. The van der Waals surface area contributed by atoms with E-state index in [1.165, 1.54) is 29.8 Å². The number of aryl methyl sites for hydroxylation is 1. The predicted molar refractivity (Wildman–Crippen MR) is 114 cm³/mol. The van der Waals surface area contributed by atoms with Crippen molar-refractivity contribution in [3.05, 3.63) is 86.6 Å². The minimum absolute atomic E-state index is 0.183. The SMILES string of the molecule is COc1ccc(CNC(=O)c2ccc3c(c2)c(=O)n(C/C=C/C(=O)O)c(=O)n3C)cc1. The van der Waals surface area contributed by atoms with E-state index in [1.54, 1.807) is 25.3 Å². The van der Waals surface area contributed by atoms with Crippen molar-refractivity contribution in [3.8, 4) is 5.75 Å². The van der Waals surface area contributed by atoms with Crippen LogP contribution in [0.3, 0.4) is 0 Å². The van der Waals surface area contributed by atoms with Crippen molar-refractivity contribution in [1.29, 1.82) is 0 Å². The molecule has 160 valence electrons. The maximum absolute atomic E-state index is 12.8. The summed E-state index contributed by atoms with van der Waals surface area (Å²) < 4.78 is 7.30. The first-order chi connectivity index (χ1) is 14.8. The van der Waals surface area contributed by atoms with Gasteiger partial charge in [-0.2, -0.15) is 0 Å². The molecule has 9 nitrogen and oxygen atoms in total. The zero-order valence-electron chi connectivity index (χ0n) is 17.0. The van der Waals surface area contributed by atoms with Gasteiger partial charge in [0.1, 0.15) is 5.75 Å². The molecule has 0 aliphatic heterocycles. The summed E-state index contributed by atoms with van der Waals surface area (Å²) in [6, 6.07) is 11.8. The number of hydrogen-bond donors (Lipinski definition) is 2. The van der Waals surface area contributed by atoms with Crippen LogP contribution < -0.4 is 21.3 Å². The Balaban J connectivity index is 1.89. The molecule has 0 atom stereocenters. The molecule has 0 spiro atoms. The van der Waals surface area contributed by atoms with Crippen LogP contribution in [0.4, 0.5) is 0 Å². The van der Waals surface area contributed by atoms with Crippen LogP contribution in [-0.4, -0.2) is 33.2 Å². The topological polar surface area (TPSA) is 120 Å². The fraction of sp³-hybridized carbons (Fsp3) is 0.182. The van der Waals surface area contributed by atoms with Gasteiger partial charge in [0, 0.05) is 31.8 Å². The van der Waals surface area contributed by atoms with Gasteiger partial charge in [-0.05, 0) is 35.9 Å². The molecular formula is C22H21N3O6. The van der Waals surface area contributed by atoms with Crippen LogP contribution in [-0.2, 0) is 24.9 Å². The summed E-state index contributed by atoms with van der Waals surface area (Å²) in [6.45, 7) is 0.0972. The van der Waals surface area contributed by atoms with Gasteiger partial charge < -0.3 is 15.2 Å². The number of fused-ring (bicyclic) bond motifs is 1. The molecule has 0 aliphatic rings. The van der Waals surface area contributed by atoms with E-state index in [4.69, 9.17) is 9.84 Å². The Morgan fingerprint density at radius 3 is 2.48 bits per heavy atom. The number of amides is 1. The zero-order valence-corrected chi connectivity index (χ0v) is 17.0. The second-order valence-electron chi connectivity index (χ2n) is 6.76. The molecule has 9 heteroatoms. The first-order valence-corrected chi connectivity index (χ1v) is 9.36. The van der Waals surface area contributed by atoms with E-state index >= 15 is 0 Å². The van der Waals surface area contributed by atoms with Crippen molar-refractivity contribution in [1.82, 2.24) is 14.5 Å². The molecule has 2 aromatic carbocycles. The van der Waals surface area contributed by atoms with Crippen molar-refractivity contribution >= 4 is 22.8 Å². The van der Waals surface area contributed by atoms with Gasteiger partial charge in [-0.15, -0.1) is 0 Å². The van der Waals surface area contributed by atoms with E-state index in [9.17, 15) is 19.2 Å². The van der Waals surface area contributed by atoms with Gasteiger partial charge in [0.25, 0.3) is 11.5 Å². The average molecular weight is 423 g/mol. The molecule has 0 radical (unpaired) electrons. The van der Waals surface area contributed by atoms with Gasteiger partial charge in [-0.25, -0.2) is 9.59 Å². The number of ether oxygens (including phenoxy) is 1. The van der Waals surface area contributed by atoms with Gasteiger partial charge in [0.15, 0.2) is 0 Å². The lowest BCUT2D eigenvalue weighted by molar-refractivity contribution is -0.131. The Morgan fingerprint density at radius 2 is 1.84 bits per heavy atom. The molecule has 1 aromatic heterocycles. The second-order valence-corrected chi connectivity index (χ2v) is 6.76. The summed E-state index contributed by atoms with van der Waals surface area (Å²) in [6.07, 6.45) is 2.07. The lowest BCUT2D eigenvalue weighted by atomic mass is 10.1.